The first-order chi connectivity index (χ1) is 34.7. The van der Waals surface area contributed by atoms with Gasteiger partial charge in [0.15, 0.2) is 17.3 Å². The number of rotatable bonds is 17. The van der Waals surface area contributed by atoms with Gasteiger partial charge in [0, 0.05) is 74.9 Å². The summed E-state index contributed by atoms with van der Waals surface area (Å²) < 4.78 is 20.8. The third-order valence-electron chi connectivity index (χ3n) is 11.7. The molecule has 372 valence electrons. The molecular weight excluding hydrogens is 927 g/mol. The number of ether oxygens (including phenoxy) is 3. The zero-order valence-electron chi connectivity index (χ0n) is 40.2. The number of phenolic OH excluding ortho intramolecular Hbond substituents is 2. The molecule has 1 aliphatic rings. The summed E-state index contributed by atoms with van der Waals surface area (Å²) in [5.74, 6) is 0.308. The minimum Gasteiger partial charge on any atom is -0.508 e. The van der Waals surface area contributed by atoms with E-state index in [-0.39, 0.29) is 64.3 Å². The van der Waals surface area contributed by atoms with Gasteiger partial charge in [-0.25, -0.2) is 19.7 Å². The molecule has 0 saturated heterocycles. The number of nitrogens with zero attached hydrogens (tertiary/aromatic N) is 9. The Morgan fingerprint density at radius 3 is 2.39 bits per heavy atom. The summed E-state index contributed by atoms with van der Waals surface area (Å²) in [7, 11) is 3.13. The van der Waals surface area contributed by atoms with Crippen molar-refractivity contribution < 1.29 is 43.6 Å². The molecule has 3 aromatic heterocycles. The minimum absolute atomic E-state index is 0.0237. The maximum Gasteiger partial charge on any atom is 0.414 e. The molecule has 0 atom stereocenters. The van der Waals surface area contributed by atoms with Crippen molar-refractivity contribution in [2.75, 3.05) is 58.0 Å². The standard InChI is InChI=1S/C50H53N13O9/c1-6-52-47(68)44-60-59-43(36-24-35(28(2)3)37(64)25-38(36)65)63(44)32-12-10-30(11-13-32)45(66)54-19-18-29-8-14-33(15-9-29)72-50(69)61(4)21-7-23-71-39-17-16-34-40(41(39)70-5)57-49(62-22-20-53-42(34)62)58-46(67)31-26-55-48(51)56-27-31/h8-17,24-28,53,64-65H,6-7,18-23H2,1-5H3,(H,52,68)(H,54,66)(H2,51,55,56). The number of anilines is 2. The second-order valence-electron chi connectivity index (χ2n) is 16.9. The average molecular weight is 980 g/mol. The van der Waals surface area contributed by atoms with E-state index in [0.29, 0.717) is 85.1 Å². The van der Waals surface area contributed by atoms with E-state index >= 15 is 0 Å². The lowest BCUT2D eigenvalue weighted by atomic mass is 9.98. The van der Waals surface area contributed by atoms with Crippen molar-refractivity contribution >= 4 is 46.5 Å². The first kappa shape index (κ1) is 49.3. The van der Waals surface area contributed by atoms with Crippen LogP contribution in [-0.2, 0) is 13.0 Å². The van der Waals surface area contributed by atoms with E-state index in [4.69, 9.17) is 24.9 Å². The fraction of sp³-hybridized carbons (Fsp3) is 0.280. The van der Waals surface area contributed by atoms with E-state index in [2.05, 4.69) is 41.1 Å². The van der Waals surface area contributed by atoms with Crippen LogP contribution in [0.2, 0.25) is 0 Å². The van der Waals surface area contributed by atoms with E-state index in [0.717, 1.165) is 16.8 Å². The summed E-state index contributed by atoms with van der Waals surface area (Å²) in [4.78, 5) is 70.4. The molecule has 0 bridgehead atoms. The topological polar surface area (TPSA) is 288 Å². The Morgan fingerprint density at radius 1 is 0.931 bits per heavy atom. The normalized spacial score (nSPS) is 12.1. The fourth-order valence-corrected chi connectivity index (χ4v) is 7.94. The molecule has 8 rings (SSSR count). The van der Waals surface area contributed by atoms with Crippen LogP contribution < -0.4 is 41.5 Å². The second kappa shape index (κ2) is 21.7. The summed E-state index contributed by atoms with van der Waals surface area (Å²) in [6, 6.07) is 20.0. The van der Waals surface area contributed by atoms with E-state index < -0.39 is 17.9 Å². The number of fused-ring (bicyclic) bond motifs is 3. The molecule has 1 aliphatic heterocycles. The zero-order chi connectivity index (χ0) is 51.1. The zero-order valence-corrected chi connectivity index (χ0v) is 40.2. The van der Waals surface area contributed by atoms with Gasteiger partial charge in [0.2, 0.25) is 17.4 Å². The SMILES string of the molecule is CCNC(=O)c1nnc(-c2cc(C(C)C)c(O)cc2O)n1-c1ccc(C(=O)NCCc2ccc(OC(=O)N(C)CCCOc3ccc4c5n(c(=NC(=O)c6cnc(N)nc6)nc4c3OC)CCN5)cc2)cc1. The number of phenols is 2. The van der Waals surface area contributed by atoms with Crippen molar-refractivity contribution in [3.63, 3.8) is 0 Å². The highest BCUT2D eigenvalue weighted by atomic mass is 16.6. The van der Waals surface area contributed by atoms with Crippen LogP contribution in [0.15, 0.2) is 90.2 Å². The van der Waals surface area contributed by atoms with Crippen LogP contribution in [0.25, 0.3) is 28.0 Å². The molecule has 0 radical (unpaired) electrons. The number of carbonyl (C=O) groups is 4. The molecule has 4 aromatic carbocycles. The summed E-state index contributed by atoms with van der Waals surface area (Å²) in [6.45, 7) is 7.96. The van der Waals surface area contributed by atoms with Gasteiger partial charge < -0.3 is 51.0 Å². The lowest BCUT2D eigenvalue weighted by Gasteiger charge is -2.18. The van der Waals surface area contributed by atoms with Crippen molar-refractivity contribution in [2.24, 2.45) is 4.99 Å². The smallest absolute Gasteiger partial charge is 0.414 e. The summed E-state index contributed by atoms with van der Waals surface area (Å²) in [6.07, 6.45) is 3.02. The van der Waals surface area contributed by atoms with E-state index in [1.54, 1.807) is 62.5 Å². The Kier molecular flexibility index (Phi) is 14.9. The maximum atomic E-state index is 13.2. The molecule has 0 unspecified atom stereocenters. The number of benzene rings is 4. The Morgan fingerprint density at radius 2 is 1.68 bits per heavy atom. The molecule has 7 aromatic rings. The molecule has 4 heterocycles. The summed E-state index contributed by atoms with van der Waals surface area (Å²) in [5.41, 5.74) is 8.95. The van der Waals surface area contributed by atoms with Gasteiger partial charge in [-0.05, 0) is 91.4 Å². The third kappa shape index (κ3) is 10.7. The molecule has 72 heavy (non-hydrogen) atoms. The number of hydrogen-bond donors (Lipinski definition) is 6. The van der Waals surface area contributed by atoms with Crippen molar-refractivity contribution in [1.82, 2.24) is 49.8 Å². The monoisotopic (exact) mass is 979 g/mol. The fourth-order valence-electron chi connectivity index (χ4n) is 7.94. The lowest BCUT2D eigenvalue weighted by molar-refractivity contribution is 0.0938. The summed E-state index contributed by atoms with van der Waals surface area (Å²) >= 11 is 0. The van der Waals surface area contributed by atoms with Gasteiger partial charge >= 0.3 is 6.09 Å². The number of hydrogen-bond acceptors (Lipinski definition) is 16. The Balaban J connectivity index is 0.826. The number of methoxy groups -OCH3 is 1. The number of aromatic nitrogens is 7. The molecule has 4 amide bonds. The number of carbonyl (C=O) groups excluding carboxylic acids is 4. The van der Waals surface area contributed by atoms with Gasteiger partial charge in [0.25, 0.3) is 17.7 Å². The predicted molar refractivity (Wildman–Crippen MR) is 265 cm³/mol. The lowest BCUT2D eigenvalue weighted by Crippen LogP contribution is -2.31. The largest absolute Gasteiger partial charge is 0.508 e. The first-order valence-electron chi connectivity index (χ1n) is 23.1. The second-order valence-corrected chi connectivity index (χ2v) is 16.9. The van der Waals surface area contributed by atoms with Gasteiger partial charge in [-0.2, -0.15) is 4.99 Å². The van der Waals surface area contributed by atoms with Crippen LogP contribution in [0.5, 0.6) is 28.7 Å². The number of nitrogens with one attached hydrogen (secondary N) is 3. The Labute approximate surface area is 412 Å². The number of nitrogens with two attached hydrogens (primary N) is 1. The van der Waals surface area contributed by atoms with Gasteiger partial charge in [0.1, 0.15) is 28.6 Å². The quantitative estimate of drug-likeness (QED) is 0.0656. The van der Waals surface area contributed by atoms with Gasteiger partial charge in [-0.15, -0.1) is 10.2 Å². The Hall–Kier alpha value is -9.08. The van der Waals surface area contributed by atoms with Gasteiger partial charge in [0.05, 0.1) is 24.8 Å². The van der Waals surface area contributed by atoms with Crippen LogP contribution in [0.3, 0.4) is 0 Å². The molecule has 0 fully saturated rings. The molecule has 22 nitrogen and oxygen atoms in total. The molecule has 7 N–H and O–H groups in total. The number of nitrogen functional groups attached to an aromatic ring is 1. The van der Waals surface area contributed by atoms with Gasteiger partial charge in [-0.1, -0.05) is 26.0 Å². The highest BCUT2D eigenvalue weighted by Gasteiger charge is 2.25. The molecule has 0 aliphatic carbocycles. The van der Waals surface area contributed by atoms with Crippen molar-refractivity contribution in [2.45, 2.75) is 46.1 Å². The molecular formula is C50H53N13O9. The molecule has 22 heteroatoms. The van der Waals surface area contributed by atoms with Gasteiger partial charge in [-0.3, -0.25) is 23.5 Å². The van der Waals surface area contributed by atoms with E-state index in [1.807, 2.05) is 36.6 Å². The Bertz CT molecular complexity index is 3230. The molecule has 0 saturated carbocycles. The van der Waals surface area contributed by atoms with Crippen LogP contribution in [0, 0.1) is 0 Å². The highest BCUT2D eigenvalue weighted by Crippen LogP contribution is 2.39. The van der Waals surface area contributed by atoms with Crippen molar-refractivity contribution in [3.8, 4) is 45.8 Å². The number of aromatic hydroxyl groups is 2. The van der Waals surface area contributed by atoms with Crippen LogP contribution in [-0.4, -0.2) is 120 Å². The maximum absolute atomic E-state index is 13.2. The average Bonchev–Trinajstić information content (AvgIpc) is 4.05. The van der Waals surface area contributed by atoms with Crippen molar-refractivity contribution in [3.05, 3.63) is 119 Å². The van der Waals surface area contributed by atoms with E-state index in [1.165, 1.54) is 35.0 Å². The highest BCUT2D eigenvalue weighted by molar-refractivity contribution is 5.97. The van der Waals surface area contributed by atoms with E-state index in [9.17, 15) is 29.4 Å². The number of amides is 4. The summed E-state index contributed by atoms with van der Waals surface area (Å²) in [5, 5.41) is 39.4. The molecule has 0 spiro atoms. The minimum atomic E-state index is -0.579. The third-order valence-corrected chi connectivity index (χ3v) is 11.7. The van der Waals surface area contributed by atoms with Crippen LogP contribution in [0.1, 0.15) is 75.6 Å². The first-order valence-corrected chi connectivity index (χ1v) is 23.1. The van der Waals surface area contributed by atoms with Crippen LogP contribution in [0.4, 0.5) is 16.6 Å². The van der Waals surface area contributed by atoms with Crippen molar-refractivity contribution in [1.29, 1.82) is 0 Å². The predicted octanol–water partition coefficient (Wildman–Crippen LogP) is 4.99. The van der Waals surface area contributed by atoms with Crippen LogP contribution >= 0.6 is 0 Å².